The first-order valence-corrected chi connectivity index (χ1v) is 13.2. The van der Waals surface area contributed by atoms with Gasteiger partial charge in [0.15, 0.2) is 28.6 Å². The molecule has 1 aliphatic heterocycles. The van der Waals surface area contributed by atoms with Crippen LogP contribution in [-0.4, -0.2) is 70.1 Å². The van der Waals surface area contributed by atoms with Crippen molar-refractivity contribution in [3.05, 3.63) is 47.6 Å². The molecule has 13 heteroatoms. The van der Waals surface area contributed by atoms with Crippen LogP contribution in [0.25, 0.3) is 16.8 Å². The molecule has 6 heterocycles. The number of hydrogen-bond acceptors (Lipinski definition) is 8. The number of hydrogen-bond donors (Lipinski definition) is 1. The molecule has 1 atom stereocenters. The summed E-state index contributed by atoms with van der Waals surface area (Å²) in [5.74, 6) is 2.10. The molecule has 5 aromatic rings. The van der Waals surface area contributed by atoms with Crippen LogP contribution in [0.3, 0.4) is 0 Å². The summed E-state index contributed by atoms with van der Waals surface area (Å²) >= 11 is 6.78. The smallest absolute Gasteiger partial charge is 0.210 e. The van der Waals surface area contributed by atoms with Gasteiger partial charge in [-0.15, -0.1) is 0 Å². The van der Waals surface area contributed by atoms with Gasteiger partial charge in [0.05, 0.1) is 18.4 Å². The third-order valence-electron chi connectivity index (χ3n) is 7.00. The highest BCUT2D eigenvalue weighted by Crippen LogP contribution is 2.36. The number of aryl methyl sites for hydroxylation is 1. The summed E-state index contributed by atoms with van der Waals surface area (Å²) < 4.78 is 24.5. The average molecular weight is 553 g/mol. The van der Waals surface area contributed by atoms with E-state index in [0.29, 0.717) is 51.6 Å². The van der Waals surface area contributed by atoms with Crippen molar-refractivity contribution in [1.29, 1.82) is 0 Å². The predicted octanol–water partition coefficient (Wildman–Crippen LogP) is 4.91. The van der Waals surface area contributed by atoms with E-state index in [2.05, 4.69) is 61.8 Å². The topological polar surface area (TPSA) is 103 Å². The summed E-state index contributed by atoms with van der Waals surface area (Å²) in [6.07, 6.45) is 7.50. The summed E-state index contributed by atoms with van der Waals surface area (Å²) in [5.41, 5.74) is 2.74. The molecule has 1 unspecified atom stereocenters. The Morgan fingerprint density at radius 1 is 1.21 bits per heavy atom. The average Bonchev–Trinajstić information content (AvgIpc) is 3.67. The van der Waals surface area contributed by atoms with Crippen LogP contribution in [0, 0.1) is 0 Å². The zero-order valence-electron chi connectivity index (χ0n) is 22.3. The second kappa shape index (κ2) is 9.76. The molecule has 0 saturated carbocycles. The number of anilines is 2. The third-order valence-corrected chi connectivity index (χ3v) is 7.37. The maximum atomic E-state index is 12.9. The summed E-state index contributed by atoms with van der Waals surface area (Å²) in [6, 6.07) is 4.02. The van der Waals surface area contributed by atoms with Gasteiger partial charge < -0.3 is 14.6 Å². The zero-order chi connectivity index (χ0) is 27.3. The second-order valence-electron chi connectivity index (χ2n) is 10.8. The molecule has 6 rings (SSSR count). The third kappa shape index (κ3) is 4.78. The minimum Gasteiger partial charge on any atom is -0.452 e. The van der Waals surface area contributed by atoms with Crippen LogP contribution < -0.4 is 10.1 Å². The second-order valence-corrected chi connectivity index (χ2v) is 11.2. The minimum atomic E-state index is -0.336. The molecule has 0 aliphatic carbocycles. The Kier molecular flexibility index (Phi) is 6.38. The quantitative estimate of drug-likeness (QED) is 0.304. The van der Waals surface area contributed by atoms with Crippen molar-refractivity contribution in [3.63, 3.8) is 0 Å². The molecule has 5 aromatic heterocycles. The van der Waals surface area contributed by atoms with Crippen LogP contribution in [0.2, 0.25) is 5.02 Å². The van der Waals surface area contributed by atoms with Crippen molar-refractivity contribution >= 4 is 40.2 Å². The molecule has 0 aromatic carbocycles. The molecule has 1 aliphatic rings. The van der Waals surface area contributed by atoms with E-state index in [1.54, 1.807) is 35.4 Å². The van der Waals surface area contributed by atoms with Gasteiger partial charge >= 0.3 is 0 Å². The van der Waals surface area contributed by atoms with Crippen LogP contribution >= 0.6 is 11.6 Å². The van der Waals surface area contributed by atoms with E-state index in [1.807, 2.05) is 11.6 Å². The van der Waals surface area contributed by atoms with Gasteiger partial charge in [0, 0.05) is 62.3 Å². The van der Waals surface area contributed by atoms with Gasteiger partial charge in [-0.2, -0.15) is 15.2 Å². The fraction of sp³-hybridized carbons (Fsp3) is 0.423. The monoisotopic (exact) mass is 552 g/mol. The molecule has 0 radical (unpaired) electrons. The number of nitrogens with one attached hydrogen (secondary N) is 1. The number of nitrogens with zero attached hydrogens (tertiary/aromatic N) is 9. The van der Waals surface area contributed by atoms with Gasteiger partial charge in [0.1, 0.15) is 17.2 Å². The van der Waals surface area contributed by atoms with Gasteiger partial charge in [-0.05, 0) is 6.42 Å². The summed E-state index contributed by atoms with van der Waals surface area (Å²) in [4.78, 5) is 15.5. The molecule has 0 amide bonds. The lowest BCUT2D eigenvalue weighted by molar-refractivity contribution is 0.282. The Labute approximate surface area is 229 Å². The van der Waals surface area contributed by atoms with E-state index in [1.165, 1.54) is 0 Å². The van der Waals surface area contributed by atoms with Crippen LogP contribution in [0.1, 0.15) is 38.9 Å². The first-order valence-electron chi connectivity index (χ1n) is 12.8. The fourth-order valence-corrected chi connectivity index (χ4v) is 5.31. The van der Waals surface area contributed by atoms with Crippen molar-refractivity contribution < 1.29 is 9.13 Å². The Bertz CT molecular complexity index is 1650. The Morgan fingerprint density at radius 3 is 2.85 bits per heavy atom. The van der Waals surface area contributed by atoms with Crippen LogP contribution in [0.15, 0.2) is 36.9 Å². The molecule has 11 nitrogen and oxygen atoms in total. The number of likely N-dealkylation sites (tertiary alicyclic amines) is 1. The highest BCUT2D eigenvalue weighted by Gasteiger charge is 2.30. The lowest BCUT2D eigenvalue weighted by atomic mass is 9.91. The van der Waals surface area contributed by atoms with Crippen molar-refractivity contribution in [2.75, 3.05) is 31.6 Å². The number of alkyl halides is 1. The Hall–Kier alpha value is -3.77. The minimum absolute atomic E-state index is 0.127. The van der Waals surface area contributed by atoms with Crippen molar-refractivity contribution in [2.24, 2.45) is 7.05 Å². The number of pyridine rings is 1. The number of halogens is 2. The normalized spacial score (nSPS) is 16.5. The zero-order valence-corrected chi connectivity index (χ0v) is 23.0. The Morgan fingerprint density at radius 2 is 2.05 bits per heavy atom. The lowest BCUT2D eigenvalue weighted by Crippen LogP contribution is -2.26. The first kappa shape index (κ1) is 25.5. The van der Waals surface area contributed by atoms with Gasteiger partial charge in [0.2, 0.25) is 5.95 Å². The van der Waals surface area contributed by atoms with Crippen LogP contribution in [0.5, 0.6) is 11.5 Å². The number of fused-ring (bicyclic) bond motifs is 2. The molecule has 0 bridgehead atoms. The summed E-state index contributed by atoms with van der Waals surface area (Å²) in [6.45, 7) is 8.27. The summed E-state index contributed by atoms with van der Waals surface area (Å²) in [5, 5.41) is 12.9. The Balaban J connectivity index is 1.29. The van der Waals surface area contributed by atoms with E-state index in [4.69, 9.17) is 21.4 Å². The number of rotatable bonds is 7. The van der Waals surface area contributed by atoms with Crippen molar-refractivity contribution in [2.45, 2.75) is 38.6 Å². The van der Waals surface area contributed by atoms with Crippen molar-refractivity contribution in [1.82, 2.24) is 43.8 Å². The largest absolute Gasteiger partial charge is 0.452 e. The van der Waals surface area contributed by atoms with E-state index in [0.717, 1.165) is 25.2 Å². The van der Waals surface area contributed by atoms with Gasteiger partial charge in [-0.25, -0.2) is 18.9 Å². The van der Waals surface area contributed by atoms with Gasteiger partial charge in [-0.1, -0.05) is 32.4 Å². The highest BCUT2D eigenvalue weighted by atomic mass is 35.5. The molecule has 39 heavy (non-hydrogen) atoms. The molecule has 1 fully saturated rings. The van der Waals surface area contributed by atoms with E-state index >= 15 is 0 Å². The van der Waals surface area contributed by atoms with Crippen molar-refractivity contribution in [3.8, 4) is 11.5 Å². The standard InChI is InChI=1S/C26H30ClFN10O/c1-26(2,3)19-12-20(34-38(19)16-5-8-36(15-16)9-6-28)32-25-33-24-23(35(25)4)22(27)18(14-30-24)39-17-11-21-29-7-10-37(21)31-13-17/h7,10-14,16H,5-6,8-9,15H2,1-4H3,(H,30,32,33,34). The molecular formula is C26H30ClFN10O. The molecular weight excluding hydrogens is 523 g/mol. The highest BCUT2D eigenvalue weighted by molar-refractivity contribution is 6.36. The van der Waals surface area contributed by atoms with E-state index in [-0.39, 0.29) is 18.1 Å². The predicted molar refractivity (Wildman–Crippen MR) is 147 cm³/mol. The van der Waals surface area contributed by atoms with E-state index < -0.39 is 0 Å². The maximum Gasteiger partial charge on any atom is 0.210 e. The maximum absolute atomic E-state index is 12.9. The number of aromatic nitrogens is 8. The lowest BCUT2D eigenvalue weighted by Gasteiger charge is -2.23. The van der Waals surface area contributed by atoms with Crippen LogP contribution in [-0.2, 0) is 12.5 Å². The fourth-order valence-electron chi connectivity index (χ4n) is 5.01. The van der Waals surface area contributed by atoms with E-state index in [9.17, 15) is 4.39 Å². The van der Waals surface area contributed by atoms with Crippen LogP contribution in [0.4, 0.5) is 16.2 Å². The number of ether oxygens (including phenoxy) is 1. The molecule has 0 spiro atoms. The SMILES string of the molecule is Cn1c(Nc2cc(C(C)(C)C)n(C3CCN(CCF)C3)n2)nc2ncc(Oc3cnn4ccnc4c3)c(Cl)c21. The first-order chi connectivity index (χ1) is 18.7. The summed E-state index contributed by atoms with van der Waals surface area (Å²) in [7, 11) is 1.86. The van der Waals surface area contributed by atoms with Gasteiger partial charge in [-0.3, -0.25) is 9.58 Å². The molecule has 1 saturated heterocycles. The molecule has 204 valence electrons. The molecule has 1 N–H and O–H groups in total. The number of imidazole rings is 2. The van der Waals surface area contributed by atoms with Gasteiger partial charge in [0.25, 0.3) is 0 Å².